The molecule has 0 heterocycles. The molecule has 1 atom stereocenters. The van der Waals surface area contributed by atoms with Crippen molar-refractivity contribution in [3.63, 3.8) is 0 Å². The van der Waals surface area contributed by atoms with Gasteiger partial charge in [0.1, 0.15) is 5.75 Å². The molecule has 2 aromatic rings. The summed E-state index contributed by atoms with van der Waals surface area (Å²) >= 11 is 1.65. The zero-order valence-corrected chi connectivity index (χ0v) is 14.6. The standard InChI is InChI=1S/C18H22N2O3S/c1-22-14-5-9-17(10-6-14)24-16-7-3-13(4-8-16)20-18(21)11-15(12-19)23-2/h3-10,15H,11-12,19H2,1-2H3,(H,20,21). The second kappa shape index (κ2) is 9.32. The summed E-state index contributed by atoms with van der Waals surface area (Å²) in [5.41, 5.74) is 6.28. The first-order chi connectivity index (χ1) is 11.6. The minimum atomic E-state index is -0.255. The van der Waals surface area contributed by atoms with E-state index in [1.54, 1.807) is 26.0 Å². The lowest BCUT2D eigenvalue weighted by atomic mass is 10.2. The summed E-state index contributed by atoms with van der Waals surface area (Å²) in [6.07, 6.45) is -0.00933. The van der Waals surface area contributed by atoms with E-state index in [9.17, 15) is 4.79 Å². The van der Waals surface area contributed by atoms with Crippen LogP contribution in [0.25, 0.3) is 0 Å². The number of hydrogen-bond donors (Lipinski definition) is 2. The summed E-state index contributed by atoms with van der Waals surface area (Å²) in [7, 11) is 3.20. The number of amides is 1. The van der Waals surface area contributed by atoms with Gasteiger partial charge in [0, 0.05) is 29.1 Å². The lowest BCUT2D eigenvalue weighted by Gasteiger charge is -2.12. The molecule has 0 aromatic heterocycles. The Labute approximate surface area is 146 Å². The Hall–Kier alpha value is -2.02. The van der Waals surface area contributed by atoms with Gasteiger partial charge < -0.3 is 20.5 Å². The molecule has 3 N–H and O–H groups in total. The number of methoxy groups -OCH3 is 2. The van der Waals surface area contributed by atoms with Gasteiger partial charge in [0.05, 0.1) is 19.6 Å². The molecule has 0 saturated carbocycles. The average Bonchev–Trinajstić information content (AvgIpc) is 2.62. The largest absolute Gasteiger partial charge is 0.497 e. The number of benzene rings is 2. The van der Waals surface area contributed by atoms with Crippen molar-refractivity contribution in [1.29, 1.82) is 0 Å². The first kappa shape index (κ1) is 18.3. The zero-order chi connectivity index (χ0) is 17.4. The highest BCUT2D eigenvalue weighted by Gasteiger charge is 2.11. The highest BCUT2D eigenvalue weighted by atomic mass is 32.2. The smallest absolute Gasteiger partial charge is 0.227 e. The number of ether oxygens (including phenoxy) is 2. The van der Waals surface area contributed by atoms with Gasteiger partial charge in [0.15, 0.2) is 0 Å². The molecule has 0 aliphatic heterocycles. The Bertz CT molecular complexity index is 640. The molecule has 0 bridgehead atoms. The van der Waals surface area contributed by atoms with Gasteiger partial charge in [-0.05, 0) is 48.5 Å². The van der Waals surface area contributed by atoms with E-state index in [0.29, 0.717) is 6.54 Å². The van der Waals surface area contributed by atoms with Crippen molar-refractivity contribution in [3.8, 4) is 5.75 Å². The van der Waals surface area contributed by atoms with E-state index in [0.717, 1.165) is 21.2 Å². The Balaban J connectivity index is 1.91. The molecule has 0 aliphatic rings. The fourth-order valence-electron chi connectivity index (χ4n) is 2.07. The van der Waals surface area contributed by atoms with Crippen molar-refractivity contribution in [2.75, 3.05) is 26.1 Å². The van der Waals surface area contributed by atoms with Gasteiger partial charge in [-0.2, -0.15) is 0 Å². The maximum atomic E-state index is 11.9. The molecule has 128 valence electrons. The van der Waals surface area contributed by atoms with Crippen molar-refractivity contribution < 1.29 is 14.3 Å². The number of carbonyl (C=O) groups is 1. The molecule has 0 fully saturated rings. The summed E-state index contributed by atoms with van der Waals surface area (Å²) in [6.45, 7) is 0.321. The summed E-state index contributed by atoms with van der Waals surface area (Å²) < 4.78 is 10.3. The summed E-state index contributed by atoms with van der Waals surface area (Å²) in [5.74, 6) is 0.729. The lowest BCUT2D eigenvalue weighted by Crippen LogP contribution is -2.28. The predicted octanol–water partition coefficient (Wildman–Crippen LogP) is 3.15. The third kappa shape index (κ3) is 5.56. The molecule has 0 aliphatic carbocycles. The number of rotatable bonds is 8. The van der Waals surface area contributed by atoms with E-state index in [4.69, 9.17) is 15.2 Å². The zero-order valence-electron chi connectivity index (χ0n) is 13.8. The van der Waals surface area contributed by atoms with Crippen LogP contribution in [0.5, 0.6) is 5.75 Å². The monoisotopic (exact) mass is 346 g/mol. The molecular formula is C18H22N2O3S. The maximum Gasteiger partial charge on any atom is 0.227 e. The summed E-state index contributed by atoms with van der Waals surface area (Å²) in [6, 6.07) is 15.6. The minimum Gasteiger partial charge on any atom is -0.497 e. The van der Waals surface area contributed by atoms with Crippen molar-refractivity contribution in [3.05, 3.63) is 48.5 Å². The van der Waals surface area contributed by atoms with Crippen LogP contribution in [-0.2, 0) is 9.53 Å². The Morgan fingerprint density at radius 1 is 1.08 bits per heavy atom. The van der Waals surface area contributed by atoms with Gasteiger partial charge in [-0.15, -0.1) is 0 Å². The van der Waals surface area contributed by atoms with E-state index in [1.165, 1.54) is 0 Å². The van der Waals surface area contributed by atoms with Crippen molar-refractivity contribution in [2.24, 2.45) is 5.73 Å². The van der Waals surface area contributed by atoms with Crippen molar-refractivity contribution >= 4 is 23.4 Å². The number of nitrogens with two attached hydrogens (primary N) is 1. The third-order valence-electron chi connectivity index (χ3n) is 3.44. The van der Waals surface area contributed by atoms with Crippen molar-refractivity contribution in [2.45, 2.75) is 22.3 Å². The van der Waals surface area contributed by atoms with Crippen LogP contribution in [0, 0.1) is 0 Å². The normalized spacial score (nSPS) is 11.8. The van der Waals surface area contributed by atoms with Crippen LogP contribution < -0.4 is 15.8 Å². The van der Waals surface area contributed by atoms with E-state index in [1.807, 2.05) is 48.5 Å². The third-order valence-corrected chi connectivity index (χ3v) is 4.46. The van der Waals surface area contributed by atoms with Crippen LogP contribution in [0.2, 0.25) is 0 Å². The Morgan fingerprint density at radius 2 is 1.67 bits per heavy atom. The molecule has 0 spiro atoms. The SMILES string of the molecule is COc1ccc(Sc2ccc(NC(=O)CC(CN)OC)cc2)cc1. The molecule has 5 nitrogen and oxygen atoms in total. The molecule has 2 rings (SSSR count). The molecular weight excluding hydrogens is 324 g/mol. The van der Waals surface area contributed by atoms with Gasteiger partial charge in [-0.1, -0.05) is 11.8 Å². The average molecular weight is 346 g/mol. The van der Waals surface area contributed by atoms with Gasteiger partial charge in [0.25, 0.3) is 0 Å². The fourth-order valence-corrected chi connectivity index (χ4v) is 2.88. The van der Waals surface area contributed by atoms with E-state index >= 15 is 0 Å². The Morgan fingerprint density at radius 3 is 2.17 bits per heavy atom. The van der Waals surface area contributed by atoms with Crippen LogP contribution in [-0.4, -0.2) is 32.8 Å². The van der Waals surface area contributed by atoms with Crippen LogP contribution in [0.3, 0.4) is 0 Å². The first-order valence-corrected chi connectivity index (χ1v) is 8.41. The quantitative estimate of drug-likeness (QED) is 0.768. The summed E-state index contributed by atoms with van der Waals surface area (Å²) in [5, 5.41) is 2.85. The molecule has 2 aromatic carbocycles. The number of nitrogens with one attached hydrogen (secondary N) is 1. The first-order valence-electron chi connectivity index (χ1n) is 7.59. The fraction of sp³-hybridized carbons (Fsp3) is 0.278. The van der Waals surface area contributed by atoms with Crippen LogP contribution in [0.15, 0.2) is 58.3 Å². The van der Waals surface area contributed by atoms with Gasteiger partial charge >= 0.3 is 0 Å². The lowest BCUT2D eigenvalue weighted by molar-refractivity contribution is -0.118. The topological polar surface area (TPSA) is 73.6 Å². The van der Waals surface area contributed by atoms with E-state index < -0.39 is 0 Å². The highest BCUT2D eigenvalue weighted by Crippen LogP contribution is 2.29. The molecule has 1 amide bonds. The van der Waals surface area contributed by atoms with E-state index in [2.05, 4.69) is 5.32 Å². The van der Waals surface area contributed by atoms with Gasteiger partial charge in [-0.3, -0.25) is 4.79 Å². The number of anilines is 1. The minimum absolute atomic E-state index is 0.108. The maximum absolute atomic E-state index is 11.9. The molecule has 6 heteroatoms. The van der Waals surface area contributed by atoms with Gasteiger partial charge in [0.2, 0.25) is 5.91 Å². The number of carbonyl (C=O) groups excluding carboxylic acids is 1. The Kier molecular flexibility index (Phi) is 7.11. The predicted molar refractivity (Wildman–Crippen MR) is 96.7 cm³/mol. The molecule has 0 saturated heterocycles. The molecule has 1 unspecified atom stereocenters. The molecule has 24 heavy (non-hydrogen) atoms. The van der Waals surface area contributed by atoms with Crippen LogP contribution in [0.4, 0.5) is 5.69 Å². The second-order valence-corrected chi connectivity index (χ2v) is 6.29. The van der Waals surface area contributed by atoms with Crippen LogP contribution in [0.1, 0.15) is 6.42 Å². The molecule has 0 radical (unpaired) electrons. The van der Waals surface area contributed by atoms with E-state index in [-0.39, 0.29) is 18.4 Å². The van der Waals surface area contributed by atoms with Crippen LogP contribution >= 0.6 is 11.8 Å². The second-order valence-electron chi connectivity index (χ2n) is 5.15. The highest BCUT2D eigenvalue weighted by molar-refractivity contribution is 7.99. The summed E-state index contributed by atoms with van der Waals surface area (Å²) in [4.78, 5) is 14.1. The van der Waals surface area contributed by atoms with Crippen molar-refractivity contribution in [1.82, 2.24) is 0 Å². The van der Waals surface area contributed by atoms with Gasteiger partial charge in [-0.25, -0.2) is 0 Å². The number of hydrogen-bond acceptors (Lipinski definition) is 5.